The smallest absolute Gasteiger partial charge is 0.290 e. The minimum atomic E-state index is -0.431. The average molecular weight is 593 g/mol. The van der Waals surface area contributed by atoms with Gasteiger partial charge in [0, 0.05) is 42.0 Å². The molecule has 44 heavy (non-hydrogen) atoms. The molecule has 11 heteroatoms. The summed E-state index contributed by atoms with van der Waals surface area (Å²) in [4.78, 5) is 38.0. The minimum Gasteiger partial charge on any atom is -0.392 e. The first-order valence-corrected chi connectivity index (χ1v) is 14.7. The first-order valence-electron chi connectivity index (χ1n) is 14.7. The van der Waals surface area contributed by atoms with Crippen molar-refractivity contribution in [3.8, 4) is 17.1 Å². The first-order chi connectivity index (χ1) is 21.0. The van der Waals surface area contributed by atoms with Gasteiger partial charge in [-0.15, -0.1) is 0 Å². The van der Waals surface area contributed by atoms with Gasteiger partial charge in [-0.25, -0.2) is 14.6 Å². The Labute approximate surface area is 254 Å². The molecule has 1 atom stereocenters. The van der Waals surface area contributed by atoms with E-state index in [1.165, 1.54) is 15.6 Å². The summed E-state index contributed by atoms with van der Waals surface area (Å²) in [5.41, 5.74) is 3.03. The average Bonchev–Trinajstić information content (AvgIpc) is 3.44. The third kappa shape index (κ3) is 5.40. The summed E-state index contributed by atoms with van der Waals surface area (Å²) < 4.78 is 2.43. The fourth-order valence-corrected chi connectivity index (χ4v) is 5.80. The quantitative estimate of drug-likeness (QED) is 0.297. The summed E-state index contributed by atoms with van der Waals surface area (Å²) >= 11 is 0. The molecule has 1 aliphatic rings. The van der Waals surface area contributed by atoms with E-state index in [1.807, 2.05) is 30.5 Å². The maximum atomic E-state index is 13.6. The lowest BCUT2D eigenvalue weighted by atomic mass is 9.86. The number of likely N-dealkylation sites (tertiary alicyclic amines) is 1. The lowest BCUT2D eigenvalue weighted by molar-refractivity contribution is 0.281. The van der Waals surface area contributed by atoms with Gasteiger partial charge in [0.1, 0.15) is 11.5 Å². The van der Waals surface area contributed by atoms with Gasteiger partial charge in [0.15, 0.2) is 5.82 Å². The van der Waals surface area contributed by atoms with Crippen molar-refractivity contribution in [1.82, 2.24) is 34.4 Å². The van der Waals surface area contributed by atoms with Crippen molar-refractivity contribution < 1.29 is 5.11 Å². The second-order valence-electron chi connectivity index (χ2n) is 12.3. The zero-order valence-electron chi connectivity index (χ0n) is 25.6. The van der Waals surface area contributed by atoms with E-state index in [0.717, 1.165) is 35.9 Å². The number of anilines is 2. The Morgan fingerprint density at radius 2 is 1.82 bits per heavy atom. The molecule has 0 saturated carbocycles. The monoisotopic (exact) mass is 592 g/mol. The van der Waals surface area contributed by atoms with Crippen LogP contribution in [0.15, 0.2) is 70.6 Å². The topological polar surface area (TPSA) is 131 Å². The Kier molecular flexibility index (Phi) is 7.60. The molecular formula is C33H36N8O3. The molecule has 1 aromatic carbocycles. The highest BCUT2D eigenvalue weighted by atomic mass is 16.3. The molecule has 1 aliphatic heterocycles. The second-order valence-corrected chi connectivity index (χ2v) is 12.3. The van der Waals surface area contributed by atoms with Crippen LogP contribution in [0, 0.1) is 0 Å². The lowest BCUT2D eigenvalue weighted by Gasteiger charge is -2.19. The largest absolute Gasteiger partial charge is 0.392 e. The van der Waals surface area contributed by atoms with Crippen LogP contribution in [0.5, 0.6) is 0 Å². The Balaban J connectivity index is 1.37. The van der Waals surface area contributed by atoms with E-state index < -0.39 is 6.61 Å². The SMILES string of the molecule is CN1CCCC1c1ccc(Nc2cc(-c3ccnc(-n4ncc5cc(C(C)(C)C)ccc5c4=O)c3CO)nn(C)c2=O)nc1. The van der Waals surface area contributed by atoms with Crippen LogP contribution in [0.4, 0.5) is 11.5 Å². The number of aliphatic hydroxyl groups excluding tert-OH is 1. The molecule has 0 spiro atoms. The molecule has 1 fully saturated rings. The summed E-state index contributed by atoms with van der Waals surface area (Å²) in [6, 6.07) is 13.3. The Hall–Kier alpha value is -4.74. The van der Waals surface area contributed by atoms with Gasteiger partial charge in [0.2, 0.25) is 0 Å². The highest BCUT2D eigenvalue weighted by Crippen LogP contribution is 2.31. The number of nitrogens with one attached hydrogen (secondary N) is 1. The number of fused-ring (bicyclic) bond motifs is 1. The van der Waals surface area contributed by atoms with Gasteiger partial charge >= 0.3 is 0 Å². The fourth-order valence-electron chi connectivity index (χ4n) is 5.80. The molecular weight excluding hydrogens is 556 g/mol. The highest BCUT2D eigenvalue weighted by molar-refractivity contribution is 5.82. The van der Waals surface area contributed by atoms with E-state index in [9.17, 15) is 14.7 Å². The zero-order valence-corrected chi connectivity index (χ0v) is 25.6. The standard InChI is InChI=1S/C33H36N8O3/c1-33(2,3)22-9-10-23-21(15-22)18-36-41(31(23)43)30-25(19-42)24(12-13-34-30)26-16-27(32(44)40(5)38-26)37-29-11-8-20(17-35-29)28-7-6-14-39(28)4/h8-13,15-18,28,42H,6-7,14,19H2,1-5H3,(H,35,37). The van der Waals surface area contributed by atoms with E-state index in [4.69, 9.17) is 0 Å². The summed E-state index contributed by atoms with van der Waals surface area (Å²) in [6.07, 6.45) is 7.27. The van der Waals surface area contributed by atoms with Gasteiger partial charge in [0.25, 0.3) is 11.1 Å². The van der Waals surface area contributed by atoms with Crippen LogP contribution in [0.3, 0.4) is 0 Å². The molecule has 4 aromatic heterocycles. The van der Waals surface area contributed by atoms with E-state index >= 15 is 0 Å². The number of hydrogen-bond donors (Lipinski definition) is 2. The second kappa shape index (κ2) is 11.4. The van der Waals surface area contributed by atoms with Crippen LogP contribution in [0.25, 0.3) is 27.8 Å². The third-order valence-electron chi connectivity index (χ3n) is 8.34. The van der Waals surface area contributed by atoms with Crippen LogP contribution in [-0.4, -0.2) is 53.1 Å². The van der Waals surface area contributed by atoms with E-state index in [2.05, 4.69) is 58.2 Å². The Morgan fingerprint density at radius 1 is 1.00 bits per heavy atom. The highest BCUT2D eigenvalue weighted by Gasteiger charge is 2.23. The third-order valence-corrected chi connectivity index (χ3v) is 8.34. The molecule has 5 aromatic rings. The van der Waals surface area contributed by atoms with E-state index in [-0.39, 0.29) is 28.0 Å². The van der Waals surface area contributed by atoms with Crippen LogP contribution in [-0.2, 0) is 19.1 Å². The van der Waals surface area contributed by atoms with Crippen LogP contribution < -0.4 is 16.4 Å². The van der Waals surface area contributed by atoms with Crippen molar-refractivity contribution >= 4 is 22.3 Å². The number of aliphatic hydroxyl groups is 1. The molecule has 226 valence electrons. The summed E-state index contributed by atoms with van der Waals surface area (Å²) in [7, 11) is 3.68. The van der Waals surface area contributed by atoms with Crippen molar-refractivity contribution in [1.29, 1.82) is 0 Å². The van der Waals surface area contributed by atoms with Gasteiger partial charge in [-0.1, -0.05) is 32.9 Å². The van der Waals surface area contributed by atoms with Crippen molar-refractivity contribution in [2.45, 2.75) is 51.7 Å². The summed E-state index contributed by atoms with van der Waals surface area (Å²) in [6.45, 7) is 6.98. The zero-order chi connectivity index (χ0) is 31.2. The van der Waals surface area contributed by atoms with Crippen molar-refractivity contribution in [2.75, 3.05) is 18.9 Å². The van der Waals surface area contributed by atoms with Crippen LogP contribution in [0.2, 0.25) is 0 Å². The summed E-state index contributed by atoms with van der Waals surface area (Å²) in [5, 5.41) is 23.7. The molecule has 5 heterocycles. The number of benzene rings is 1. The Morgan fingerprint density at radius 3 is 2.50 bits per heavy atom. The maximum Gasteiger partial charge on any atom is 0.290 e. The molecule has 1 unspecified atom stereocenters. The van der Waals surface area contributed by atoms with Gasteiger partial charge in [0.05, 0.1) is 23.9 Å². The molecule has 6 rings (SSSR count). The fraction of sp³-hybridized carbons (Fsp3) is 0.333. The predicted octanol–water partition coefficient (Wildman–Crippen LogP) is 4.24. The van der Waals surface area contributed by atoms with Gasteiger partial charge in [-0.3, -0.25) is 14.5 Å². The predicted molar refractivity (Wildman–Crippen MR) is 170 cm³/mol. The molecule has 0 radical (unpaired) electrons. The number of aryl methyl sites for hydroxylation is 1. The van der Waals surface area contributed by atoms with E-state index in [0.29, 0.717) is 34.1 Å². The molecule has 11 nitrogen and oxygen atoms in total. The number of nitrogens with zero attached hydrogens (tertiary/aromatic N) is 7. The van der Waals surface area contributed by atoms with Gasteiger partial charge in [-0.05, 0) is 73.3 Å². The van der Waals surface area contributed by atoms with Crippen molar-refractivity contribution in [3.63, 3.8) is 0 Å². The minimum absolute atomic E-state index is 0.0779. The summed E-state index contributed by atoms with van der Waals surface area (Å²) in [5.74, 6) is 0.721. The first kappa shape index (κ1) is 29.3. The molecule has 0 amide bonds. The molecule has 0 aliphatic carbocycles. The molecule has 0 bridgehead atoms. The molecule has 1 saturated heterocycles. The van der Waals surface area contributed by atoms with E-state index in [1.54, 1.807) is 31.4 Å². The van der Waals surface area contributed by atoms with Crippen molar-refractivity contribution in [3.05, 3.63) is 98.5 Å². The van der Waals surface area contributed by atoms with Gasteiger partial charge < -0.3 is 10.4 Å². The lowest BCUT2D eigenvalue weighted by Crippen LogP contribution is -2.25. The van der Waals surface area contributed by atoms with Gasteiger partial charge in [-0.2, -0.15) is 14.9 Å². The normalized spacial score (nSPS) is 15.6. The molecule has 2 N–H and O–H groups in total. The number of pyridine rings is 2. The number of aromatic nitrogens is 6. The van der Waals surface area contributed by atoms with Crippen LogP contribution >= 0.6 is 0 Å². The maximum absolute atomic E-state index is 13.6. The van der Waals surface area contributed by atoms with Crippen molar-refractivity contribution in [2.24, 2.45) is 7.05 Å². The van der Waals surface area contributed by atoms with Crippen LogP contribution in [0.1, 0.15) is 56.3 Å². The Bertz CT molecular complexity index is 1980. The number of rotatable bonds is 6. The number of hydrogen-bond acceptors (Lipinski definition) is 9.